The minimum absolute atomic E-state index is 0.125. The van der Waals surface area contributed by atoms with Crippen LogP contribution in [0.5, 0.6) is 0 Å². The molecule has 0 saturated carbocycles. The molecule has 0 atom stereocenters. The van der Waals surface area contributed by atoms with Gasteiger partial charge in [-0.05, 0) is 37.1 Å². The highest BCUT2D eigenvalue weighted by Crippen LogP contribution is 2.26. The van der Waals surface area contributed by atoms with E-state index in [0.29, 0.717) is 0 Å². The molecular formula is C14H13NOS. The fraction of sp³-hybridized carbons (Fsp3) is 0.214. The van der Waals surface area contributed by atoms with Crippen molar-refractivity contribution in [2.45, 2.75) is 13.3 Å². The number of hydrogen-bond donors (Lipinski definition) is 1. The molecule has 1 N–H and O–H groups in total. The van der Waals surface area contributed by atoms with Gasteiger partial charge < -0.3 is 5.32 Å². The summed E-state index contributed by atoms with van der Waals surface area (Å²) >= 11 is 1.55. The van der Waals surface area contributed by atoms with E-state index < -0.39 is 0 Å². The van der Waals surface area contributed by atoms with Crippen molar-refractivity contribution in [2.75, 3.05) is 11.9 Å². The third-order valence-corrected chi connectivity index (χ3v) is 4.05. The zero-order valence-corrected chi connectivity index (χ0v) is 10.4. The van der Waals surface area contributed by atoms with Gasteiger partial charge in [0.2, 0.25) is 5.78 Å². The second-order valence-corrected chi connectivity index (χ2v) is 5.58. The van der Waals surface area contributed by atoms with Gasteiger partial charge in [0.25, 0.3) is 0 Å². The van der Waals surface area contributed by atoms with Crippen LogP contribution in [0.3, 0.4) is 0 Å². The molecule has 0 bridgehead atoms. The summed E-state index contributed by atoms with van der Waals surface area (Å²) in [6.07, 6.45) is 1.06. The van der Waals surface area contributed by atoms with Crippen molar-refractivity contribution in [3.63, 3.8) is 0 Å². The Hall–Kier alpha value is -1.61. The second kappa shape index (κ2) is 4.00. The quantitative estimate of drug-likeness (QED) is 0.820. The van der Waals surface area contributed by atoms with E-state index in [9.17, 15) is 4.79 Å². The molecule has 0 radical (unpaired) electrons. The molecule has 1 aromatic carbocycles. The summed E-state index contributed by atoms with van der Waals surface area (Å²) in [5.41, 5.74) is 3.20. The van der Waals surface area contributed by atoms with E-state index in [0.717, 1.165) is 29.1 Å². The molecule has 0 amide bonds. The summed E-state index contributed by atoms with van der Waals surface area (Å²) in [5.74, 6) is 0.125. The molecule has 86 valence electrons. The second-order valence-electron chi connectivity index (χ2n) is 4.29. The van der Waals surface area contributed by atoms with E-state index in [4.69, 9.17) is 0 Å². The highest BCUT2D eigenvalue weighted by molar-refractivity contribution is 7.14. The molecule has 0 unspecified atom stereocenters. The Balaban J connectivity index is 1.97. The Labute approximate surface area is 104 Å². The van der Waals surface area contributed by atoms with E-state index in [-0.39, 0.29) is 5.78 Å². The zero-order chi connectivity index (χ0) is 11.8. The van der Waals surface area contributed by atoms with Crippen LogP contribution in [0.15, 0.2) is 30.3 Å². The van der Waals surface area contributed by atoms with Crippen LogP contribution >= 0.6 is 11.3 Å². The Morgan fingerprint density at radius 1 is 1.29 bits per heavy atom. The number of benzene rings is 1. The first kappa shape index (κ1) is 10.5. The van der Waals surface area contributed by atoms with Gasteiger partial charge in [-0.15, -0.1) is 11.3 Å². The number of anilines is 1. The van der Waals surface area contributed by atoms with Crippen molar-refractivity contribution in [3.05, 3.63) is 51.2 Å². The van der Waals surface area contributed by atoms with Crippen LogP contribution < -0.4 is 5.32 Å². The van der Waals surface area contributed by atoms with Crippen molar-refractivity contribution in [1.82, 2.24) is 0 Å². The predicted octanol–water partition coefficient (Wildman–Crippen LogP) is 3.26. The average molecular weight is 243 g/mol. The lowest BCUT2D eigenvalue weighted by Gasteiger charge is -2.03. The van der Waals surface area contributed by atoms with Crippen LogP contribution in [0.4, 0.5) is 5.69 Å². The first-order valence-corrected chi connectivity index (χ1v) is 6.53. The summed E-state index contributed by atoms with van der Waals surface area (Å²) in [6, 6.07) is 9.86. The molecule has 2 aromatic rings. The molecule has 0 saturated heterocycles. The van der Waals surface area contributed by atoms with Crippen LogP contribution in [0.1, 0.15) is 25.7 Å². The van der Waals surface area contributed by atoms with Gasteiger partial charge in [0.1, 0.15) is 0 Å². The lowest BCUT2D eigenvalue weighted by atomic mass is 10.1. The number of nitrogens with one attached hydrogen (secondary N) is 1. The number of carbonyl (C=O) groups excluding carboxylic acids is 1. The maximum atomic E-state index is 12.2. The van der Waals surface area contributed by atoms with E-state index >= 15 is 0 Å². The lowest BCUT2D eigenvalue weighted by molar-refractivity contribution is 0.104. The van der Waals surface area contributed by atoms with Crippen LogP contribution in [0.2, 0.25) is 0 Å². The van der Waals surface area contributed by atoms with Crippen molar-refractivity contribution in [3.8, 4) is 0 Å². The van der Waals surface area contributed by atoms with Crippen LogP contribution in [0.25, 0.3) is 0 Å². The third-order valence-electron chi connectivity index (χ3n) is 3.05. The Bertz CT molecular complexity index is 586. The monoisotopic (exact) mass is 243 g/mol. The number of aryl methyl sites for hydroxylation is 1. The van der Waals surface area contributed by atoms with Crippen molar-refractivity contribution >= 4 is 22.8 Å². The normalized spacial score (nSPS) is 13.2. The molecule has 0 aliphatic carbocycles. The van der Waals surface area contributed by atoms with Gasteiger partial charge in [0.05, 0.1) is 4.88 Å². The first-order valence-electron chi connectivity index (χ1n) is 5.72. The van der Waals surface area contributed by atoms with Crippen molar-refractivity contribution in [1.29, 1.82) is 0 Å². The number of ketones is 1. The van der Waals surface area contributed by atoms with Gasteiger partial charge in [0, 0.05) is 22.7 Å². The molecule has 2 nitrogen and oxygen atoms in total. The van der Waals surface area contributed by atoms with Crippen molar-refractivity contribution < 1.29 is 4.79 Å². The summed E-state index contributed by atoms with van der Waals surface area (Å²) < 4.78 is 0. The molecule has 0 spiro atoms. The molecule has 17 heavy (non-hydrogen) atoms. The van der Waals surface area contributed by atoms with Crippen LogP contribution in [0, 0.1) is 6.92 Å². The van der Waals surface area contributed by atoms with Crippen LogP contribution in [-0.4, -0.2) is 12.3 Å². The lowest BCUT2D eigenvalue weighted by Crippen LogP contribution is -1.99. The average Bonchev–Trinajstić information content (AvgIpc) is 2.95. The van der Waals surface area contributed by atoms with Gasteiger partial charge in [-0.25, -0.2) is 0 Å². The zero-order valence-electron chi connectivity index (χ0n) is 9.62. The molecule has 3 rings (SSSR count). The fourth-order valence-corrected chi connectivity index (χ4v) is 2.96. The Kier molecular flexibility index (Phi) is 2.48. The highest BCUT2D eigenvalue weighted by Gasteiger charge is 2.15. The number of rotatable bonds is 2. The standard InChI is InChI=1S/C14H13NOS/c1-9-2-5-13(17-9)14(16)11-4-3-10-6-7-15-12(10)8-11/h2-5,8,15H,6-7H2,1H3. The molecule has 2 heterocycles. The summed E-state index contributed by atoms with van der Waals surface area (Å²) in [4.78, 5) is 14.2. The van der Waals surface area contributed by atoms with Gasteiger partial charge in [-0.1, -0.05) is 12.1 Å². The number of carbonyl (C=O) groups is 1. The highest BCUT2D eigenvalue weighted by atomic mass is 32.1. The maximum absolute atomic E-state index is 12.2. The van der Waals surface area contributed by atoms with Crippen molar-refractivity contribution in [2.24, 2.45) is 0 Å². The summed E-state index contributed by atoms with van der Waals surface area (Å²) in [5, 5.41) is 3.30. The number of thiophene rings is 1. The summed E-state index contributed by atoms with van der Waals surface area (Å²) in [6.45, 7) is 3.00. The predicted molar refractivity (Wildman–Crippen MR) is 71.1 cm³/mol. The van der Waals surface area contributed by atoms with E-state index in [1.54, 1.807) is 11.3 Å². The van der Waals surface area contributed by atoms with Gasteiger partial charge in [-0.3, -0.25) is 4.79 Å². The first-order chi connectivity index (χ1) is 8.24. The molecular weight excluding hydrogens is 230 g/mol. The Morgan fingerprint density at radius 2 is 2.18 bits per heavy atom. The molecule has 3 heteroatoms. The third kappa shape index (κ3) is 1.87. The largest absolute Gasteiger partial charge is 0.384 e. The van der Waals surface area contributed by atoms with E-state index in [1.807, 2.05) is 31.2 Å². The van der Waals surface area contributed by atoms with Crippen LogP contribution in [-0.2, 0) is 6.42 Å². The molecule has 0 fully saturated rings. The molecule has 1 aromatic heterocycles. The minimum atomic E-state index is 0.125. The Morgan fingerprint density at radius 3 is 2.94 bits per heavy atom. The molecule has 1 aliphatic heterocycles. The maximum Gasteiger partial charge on any atom is 0.203 e. The molecule has 1 aliphatic rings. The topological polar surface area (TPSA) is 29.1 Å². The smallest absolute Gasteiger partial charge is 0.203 e. The number of hydrogen-bond acceptors (Lipinski definition) is 3. The van der Waals surface area contributed by atoms with Gasteiger partial charge in [-0.2, -0.15) is 0 Å². The summed E-state index contributed by atoms with van der Waals surface area (Å²) in [7, 11) is 0. The SMILES string of the molecule is Cc1ccc(C(=O)c2ccc3c(c2)NCC3)s1. The van der Waals surface area contributed by atoms with E-state index in [1.165, 1.54) is 10.4 Å². The van der Waals surface area contributed by atoms with E-state index in [2.05, 4.69) is 11.4 Å². The van der Waals surface area contributed by atoms with Gasteiger partial charge in [0.15, 0.2) is 0 Å². The fourth-order valence-electron chi connectivity index (χ4n) is 2.13. The number of fused-ring (bicyclic) bond motifs is 1. The van der Waals surface area contributed by atoms with Gasteiger partial charge >= 0.3 is 0 Å². The minimum Gasteiger partial charge on any atom is -0.384 e.